The SMILES string of the molecule is C[C@H]1c2ccccc2C(=O)C[C@@H]1C(=O)OC(C)(C)C. The lowest BCUT2D eigenvalue weighted by molar-refractivity contribution is -0.160. The maximum absolute atomic E-state index is 12.2. The molecular weight excluding hydrogens is 240 g/mol. The van der Waals surface area contributed by atoms with Crippen LogP contribution in [0.1, 0.15) is 56.0 Å². The van der Waals surface area contributed by atoms with Crippen LogP contribution in [0.15, 0.2) is 24.3 Å². The number of benzene rings is 1. The Hall–Kier alpha value is -1.64. The van der Waals surface area contributed by atoms with Crippen LogP contribution in [0.3, 0.4) is 0 Å². The van der Waals surface area contributed by atoms with Gasteiger partial charge in [0.15, 0.2) is 5.78 Å². The molecule has 2 atom stereocenters. The zero-order chi connectivity index (χ0) is 14.2. The first kappa shape index (κ1) is 13.8. The molecule has 1 aromatic rings. The van der Waals surface area contributed by atoms with E-state index in [1.165, 1.54) is 0 Å². The summed E-state index contributed by atoms with van der Waals surface area (Å²) in [6.45, 7) is 7.51. The fourth-order valence-corrected chi connectivity index (χ4v) is 2.52. The molecule has 0 saturated heterocycles. The molecule has 3 heteroatoms. The molecule has 0 aromatic heterocycles. The zero-order valence-electron chi connectivity index (χ0n) is 11.9. The number of ether oxygens (including phenoxy) is 1. The van der Waals surface area contributed by atoms with Crippen molar-refractivity contribution in [2.75, 3.05) is 0 Å². The third-order valence-corrected chi connectivity index (χ3v) is 3.47. The lowest BCUT2D eigenvalue weighted by Gasteiger charge is -2.31. The molecule has 1 aliphatic carbocycles. The van der Waals surface area contributed by atoms with Crippen LogP contribution in [0.4, 0.5) is 0 Å². The number of carbonyl (C=O) groups is 2. The number of carbonyl (C=O) groups excluding carboxylic acids is 2. The Morgan fingerprint density at radius 3 is 2.53 bits per heavy atom. The zero-order valence-corrected chi connectivity index (χ0v) is 11.9. The molecule has 0 radical (unpaired) electrons. The van der Waals surface area contributed by atoms with Gasteiger partial charge in [0.2, 0.25) is 0 Å². The summed E-state index contributed by atoms with van der Waals surface area (Å²) >= 11 is 0. The van der Waals surface area contributed by atoms with E-state index in [-0.39, 0.29) is 30.0 Å². The summed E-state index contributed by atoms with van der Waals surface area (Å²) in [4.78, 5) is 24.3. The second-order valence-corrected chi connectivity index (χ2v) is 6.14. The van der Waals surface area contributed by atoms with Gasteiger partial charge < -0.3 is 4.74 Å². The number of hydrogen-bond acceptors (Lipinski definition) is 3. The third-order valence-electron chi connectivity index (χ3n) is 3.47. The van der Waals surface area contributed by atoms with E-state index in [9.17, 15) is 9.59 Å². The van der Waals surface area contributed by atoms with Crippen LogP contribution in [0, 0.1) is 5.92 Å². The van der Waals surface area contributed by atoms with Crippen LogP contribution in [-0.2, 0) is 9.53 Å². The quantitative estimate of drug-likeness (QED) is 0.727. The lowest BCUT2D eigenvalue weighted by Crippen LogP contribution is -2.35. The highest BCUT2D eigenvalue weighted by molar-refractivity contribution is 6.01. The number of fused-ring (bicyclic) bond motifs is 1. The minimum Gasteiger partial charge on any atom is -0.460 e. The molecule has 1 aliphatic rings. The van der Waals surface area contributed by atoms with Crippen molar-refractivity contribution in [2.45, 2.75) is 45.6 Å². The van der Waals surface area contributed by atoms with E-state index in [2.05, 4.69) is 0 Å². The molecule has 0 unspecified atom stereocenters. The van der Waals surface area contributed by atoms with Gasteiger partial charge in [-0.05, 0) is 32.3 Å². The number of esters is 1. The van der Waals surface area contributed by atoms with Crippen molar-refractivity contribution in [2.24, 2.45) is 5.92 Å². The number of ketones is 1. The highest BCUT2D eigenvalue weighted by Crippen LogP contribution is 2.37. The van der Waals surface area contributed by atoms with Crippen LogP contribution in [-0.4, -0.2) is 17.4 Å². The summed E-state index contributed by atoms with van der Waals surface area (Å²) in [5.41, 5.74) is 1.18. The predicted octanol–water partition coefficient (Wildman–Crippen LogP) is 3.33. The van der Waals surface area contributed by atoms with Gasteiger partial charge in [0.05, 0.1) is 5.92 Å². The molecule has 2 rings (SSSR count). The number of rotatable bonds is 1. The highest BCUT2D eigenvalue weighted by atomic mass is 16.6. The summed E-state index contributed by atoms with van der Waals surface area (Å²) < 4.78 is 5.42. The molecule has 19 heavy (non-hydrogen) atoms. The molecule has 0 saturated carbocycles. The second-order valence-electron chi connectivity index (χ2n) is 6.14. The molecule has 0 fully saturated rings. The van der Waals surface area contributed by atoms with Crippen LogP contribution in [0.2, 0.25) is 0 Å². The van der Waals surface area contributed by atoms with E-state index in [0.29, 0.717) is 0 Å². The van der Waals surface area contributed by atoms with E-state index in [1.54, 1.807) is 0 Å². The third kappa shape index (κ3) is 2.86. The fourth-order valence-electron chi connectivity index (χ4n) is 2.52. The minimum absolute atomic E-state index is 0.0174. The normalized spacial score (nSPS) is 22.8. The Balaban J connectivity index is 2.27. The van der Waals surface area contributed by atoms with Crippen molar-refractivity contribution in [1.29, 1.82) is 0 Å². The van der Waals surface area contributed by atoms with E-state index in [4.69, 9.17) is 4.74 Å². The van der Waals surface area contributed by atoms with Crippen molar-refractivity contribution in [1.82, 2.24) is 0 Å². The van der Waals surface area contributed by atoms with Gasteiger partial charge in [-0.25, -0.2) is 0 Å². The number of hydrogen-bond donors (Lipinski definition) is 0. The predicted molar refractivity (Wildman–Crippen MR) is 73.1 cm³/mol. The van der Waals surface area contributed by atoms with E-state index >= 15 is 0 Å². The van der Waals surface area contributed by atoms with Gasteiger partial charge in [-0.2, -0.15) is 0 Å². The molecule has 0 heterocycles. The molecule has 0 bridgehead atoms. The van der Waals surface area contributed by atoms with Gasteiger partial charge in [-0.15, -0.1) is 0 Å². The molecule has 3 nitrogen and oxygen atoms in total. The van der Waals surface area contributed by atoms with Crippen LogP contribution < -0.4 is 0 Å². The Bertz CT molecular complexity index is 511. The molecule has 0 aliphatic heterocycles. The topological polar surface area (TPSA) is 43.4 Å². The van der Waals surface area contributed by atoms with E-state index < -0.39 is 5.60 Å². The first-order valence-corrected chi connectivity index (χ1v) is 6.64. The Morgan fingerprint density at radius 2 is 1.89 bits per heavy atom. The van der Waals surface area contributed by atoms with Gasteiger partial charge in [0.25, 0.3) is 0 Å². The van der Waals surface area contributed by atoms with Crippen LogP contribution in [0.25, 0.3) is 0 Å². The Morgan fingerprint density at radius 1 is 1.26 bits per heavy atom. The molecule has 0 N–H and O–H groups in total. The maximum atomic E-state index is 12.2. The summed E-state index contributed by atoms with van der Waals surface area (Å²) in [7, 11) is 0. The first-order chi connectivity index (χ1) is 8.79. The summed E-state index contributed by atoms with van der Waals surface area (Å²) in [5, 5.41) is 0. The van der Waals surface area contributed by atoms with E-state index in [0.717, 1.165) is 11.1 Å². The van der Waals surface area contributed by atoms with Crippen molar-refractivity contribution < 1.29 is 14.3 Å². The smallest absolute Gasteiger partial charge is 0.310 e. The van der Waals surface area contributed by atoms with Crippen LogP contribution in [0.5, 0.6) is 0 Å². The van der Waals surface area contributed by atoms with Gasteiger partial charge in [-0.1, -0.05) is 31.2 Å². The van der Waals surface area contributed by atoms with Crippen molar-refractivity contribution in [3.8, 4) is 0 Å². The highest BCUT2D eigenvalue weighted by Gasteiger charge is 2.37. The van der Waals surface area contributed by atoms with Crippen molar-refractivity contribution >= 4 is 11.8 Å². The average Bonchev–Trinajstić information content (AvgIpc) is 2.31. The fraction of sp³-hybridized carbons (Fsp3) is 0.500. The molecule has 102 valence electrons. The Kier molecular flexibility index (Phi) is 3.48. The molecule has 0 amide bonds. The summed E-state index contributed by atoms with van der Waals surface area (Å²) in [6, 6.07) is 7.52. The van der Waals surface area contributed by atoms with Crippen molar-refractivity contribution in [3.63, 3.8) is 0 Å². The van der Waals surface area contributed by atoms with Crippen LogP contribution >= 0.6 is 0 Å². The minimum atomic E-state index is -0.517. The number of Topliss-reactive ketones (excluding diaryl/α,β-unsaturated/α-hetero) is 1. The maximum Gasteiger partial charge on any atom is 0.310 e. The summed E-state index contributed by atoms with van der Waals surface area (Å²) in [5.74, 6) is -0.599. The van der Waals surface area contributed by atoms with Gasteiger partial charge >= 0.3 is 5.97 Å². The lowest BCUT2D eigenvalue weighted by atomic mass is 9.75. The first-order valence-electron chi connectivity index (χ1n) is 6.64. The molecule has 0 spiro atoms. The van der Waals surface area contributed by atoms with Gasteiger partial charge in [0.1, 0.15) is 5.60 Å². The van der Waals surface area contributed by atoms with Gasteiger partial charge in [-0.3, -0.25) is 9.59 Å². The summed E-state index contributed by atoms with van der Waals surface area (Å²) in [6.07, 6.45) is 0.243. The molecule has 1 aromatic carbocycles. The monoisotopic (exact) mass is 260 g/mol. The Labute approximate surface area is 114 Å². The molecular formula is C16H20O3. The van der Waals surface area contributed by atoms with E-state index in [1.807, 2.05) is 52.0 Å². The van der Waals surface area contributed by atoms with Crippen molar-refractivity contribution in [3.05, 3.63) is 35.4 Å². The average molecular weight is 260 g/mol. The second kappa shape index (κ2) is 4.80. The van der Waals surface area contributed by atoms with Gasteiger partial charge in [0, 0.05) is 12.0 Å². The standard InChI is InChI=1S/C16H20O3/c1-10-11-7-5-6-8-12(11)14(17)9-13(10)15(18)19-16(2,3)4/h5-8,10,13H,9H2,1-4H3/t10-,13-/m0/s1. The largest absolute Gasteiger partial charge is 0.460 e.